The molecule has 6 nitrogen and oxygen atoms in total. The first kappa shape index (κ1) is 24.8. The molecule has 0 aromatic rings. The number of carbonyl (C=O) groups excluding carboxylic acids is 4. The molecule has 1 heterocycles. The molecule has 0 N–H and O–H groups in total. The van der Waals surface area contributed by atoms with Crippen LogP contribution in [0.3, 0.4) is 0 Å². The Balaban J connectivity index is 1.32. The molecule has 1 aliphatic heterocycles. The van der Waals surface area contributed by atoms with E-state index in [9.17, 15) is 19.2 Å². The molecule has 0 aromatic carbocycles. The van der Waals surface area contributed by atoms with Gasteiger partial charge in [-0.05, 0) is 81.6 Å². The summed E-state index contributed by atoms with van der Waals surface area (Å²) >= 11 is 1.43. The third-order valence-corrected chi connectivity index (χ3v) is 11.2. The molecule has 3 saturated carbocycles. The molecule has 0 bridgehead atoms. The van der Waals surface area contributed by atoms with Crippen molar-refractivity contribution < 1.29 is 28.7 Å². The summed E-state index contributed by atoms with van der Waals surface area (Å²) < 4.78 is 10.9. The minimum Gasteiger partial charge on any atom is -0.465 e. The van der Waals surface area contributed by atoms with Crippen LogP contribution in [0.1, 0.15) is 72.1 Å². The van der Waals surface area contributed by atoms with E-state index in [1.807, 2.05) is 0 Å². The molecule has 4 aliphatic carbocycles. The van der Waals surface area contributed by atoms with Crippen molar-refractivity contribution in [3.63, 3.8) is 0 Å². The van der Waals surface area contributed by atoms with Crippen LogP contribution in [-0.2, 0) is 28.7 Å². The van der Waals surface area contributed by atoms with Crippen LogP contribution < -0.4 is 0 Å². The lowest BCUT2D eigenvalue weighted by Gasteiger charge is -2.57. The van der Waals surface area contributed by atoms with Gasteiger partial charge >= 0.3 is 11.9 Å². The molecule has 5 rings (SSSR count). The molecule has 35 heavy (non-hydrogen) atoms. The van der Waals surface area contributed by atoms with E-state index < -0.39 is 5.41 Å². The molecule has 7 atom stereocenters. The maximum atomic E-state index is 12.8. The van der Waals surface area contributed by atoms with E-state index in [4.69, 9.17) is 9.47 Å². The van der Waals surface area contributed by atoms with Gasteiger partial charge in [0.2, 0.25) is 0 Å². The van der Waals surface area contributed by atoms with Crippen molar-refractivity contribution >= 4 is 35.3 Å². The van der Waals surface area contributed by atoms with Crippen LogP contribution in [0.5, 0.6) is 0 Å². The number of esters is 2. The molecule has 1 saturated heterocycles. The number of rotatable bonds is 6. The predicted octanol–water partition coefficient (Wildman–Crippen LogP) is 4.81. The first-order valence-electron chi connectivity index (χ1n) is 13.1. The van der Waals surface area contributed by atoms with Gasteiger partial charge < -0.3 is 9.47 Å². The van der Waals surface area contributed by atoms with Crippen LogP contribution in [0.15, 0.2) is 23.5 Å². The number of Topliss-reactive ketones (excluding diaryl/α,β-unsaturated/α-hetero) is 1. The zero-order valence-corrected chi connectivity index (χ0v) is 21.8. The summed E-state index contributed by atoms with van der Waals surface area (Å²) in [5.74, 6) is 2.01. The highest BCUT2D eigenvalue weighted by Gasteiger charge is 2.61. The lowest BCUT2D eigenvalue weighted by Crippen LogP contribution is -2.51. The van der Waals surface area contributed by atoms with E-state index in [1.165, 1.54) is 17.8 Å². The number of carbonyl (C=O) groups is 4. The first-order chi connectivity index (χ1) is 16.6. The maximum Gasteiger partial charge on any atom is 0.319 e. The van der Waals surface area contributed by atoms with Gasteiger partial charge in [0.25, 0.3) is 0 Å². The average Bonchev–Trinajstić information content (AvgIpc) is 3.37. The fourth-order valence-corrected chi connectivity index (χ4v) is 9.21. The lowest BCUT2D eigenvalue weighted by atomic mass is 9.47. The van der Waals surface area contributed by atoms with Gasteiger partial charge in [0.15, 0.2) is 5.78 Å². The second-order valence-electron chi connectivity index (χ2n) is 11.5. The number of thioether (sulfide) groups is 1. The van der Waals surface area contributed by atoms with Crippen molar-refractivity contribution in [2.75, 3.05) is 12.4 Å². The minimum absolute atomic E-state index is 0.0498. The third kappa shape index (κ3) is 4.11. The lowest BCUT2D eigenvalue weighted by molar-refractivity contribution is -0.143. The number of cyclic esters (lactones) is 1. The summed E-state index contributed by atoms with van der Waals surface area (Å²) in [6, 6.07) is 0. The fourth-order valence-electron chi connectivity index (χ4n) is 8.17. The SMILES string of the molecule is CC(=O)[C@H]1CC[C@H]2[C@@H]3CCC4=CC(=O)C=C(OC(=O)CCSC5CCOC5=O)[C@]4(C)[C@H]3CC[C@]12C. The number of ketones is 2. The number of fused-ring (bicyclic) bond motifs is 5. The van der Waals surface area contributed by atoms with Crippen LogP contribution >= 0.6 is 11.8 Å². The molecule has 7 heteroatoms. The minimum atomic E-state index is -0.468. The van der Waals surface area contributed by atoms with Gasteiger partial charge in [0.05, 0.1) is 18.4 Å². The van der Waals surface area contributed by atoms with Crippen molar-refractivity contribution in [2.45, 2.75) is 77.4 Å². The van der Waals surface area contributed by atoms with Crippen molar-refractivity contribution in [3.05, 3.63) is 23.5 Å². The second kappa shape index (κ2) is 9.20. The van der Waals surface area contributed by atoms with Gasteiger partial charge in [-0.2, -0.15) is 0 Å². The smallest absolute Gasteiger partial charge is 0.319 e. The topological polar surface area (TPSA) is 86.7 Å². The van der Waals surface area contributed by atoms with Crippen molar-refractivity contribution in [1.29, 1.82) is 0 Å². The summed E-state index contributed by atoms with van der Waals surface area (Å²) in [6.07, 6.45) is 10.0. The normalized spacial score (nSPS) is 40.1. The molecular formula is C28H36O6S. The van der Waals surface area contributed by atoms with Gasteiger partial charge in [-0.25, -0.2) is 0 Å². The molecule has 1 unspecified atom stereocenters. The van der Waals surface area contributed by atoms with E-state index in [2.05, 4.69) is 13.8 Å². The zero-order chi connectivity index (χ0) is 25.0. The van der Waals surface area contributed by atoms with Crippen LogP contribution in [0, 0.1) is 34.5 Å². The summed E-state index contributed by atoms with van der Waals surface area (Å²) in [5, 5.41) is -0.203. The fraction of sp³-hybridized carbons (Fsp3) is 0.714. The van der Waals surface area contributed by atoms with E-state index >= 15 is 0 Å². The first-order valence-corrected chi connectivity index (χ1v) is 14.2. The molecule has 0 spiro atoms. The Kier molecular flexibility index (Phi) is 6.52. The average molecular weight is 501 g/mol. The van der Waals surface area contributed by atoms with Crippen molar-refractivity contribution in [2.24, 2.45) is 34.5 Å². The number of hydrogen-bond acceptors (Lipinski definition) is 7. The molecule has 0 aromatic heterocycles. The molecule has 0 radical (unpaired) electrons. The van der Waals surface area contributed by atoms with Crippen molar-refractivity contribution in [3.8, 4) is 0 Å². The van der Waals surface area contributed by atoms with Gasteiger partial charge in [0.1, 0.15) is 16.8 Å². The van der Waals surface area contributed by atoms with E-state index in [0.29, 0.717) is 48.1 Å². The highest BCUT2D eigenvalue weighted by Crippen LogP contribution is 2.67. The molecule has 0 amide bonds. The third-order valence-electron chi connectivity index (χ3n) is 9.92. The number of allylic oxidation sites excluding steroid dienone is 3. The Bertz CT molecular complexity index is 1010. The highest BCUT2D eigenvalue weighted by molar-refractivity contribution is 8.00. The van der Waals surface area contributed by atoms with Gasteiger partial charge in [-0.15, -0.1) is 11.8 Å². The molecule has 4 fully saturated rings. The maximum absolute atomic E-state index is 12.8. The number of hydrogen-bond donors (Lipinski definition) is 0. The Morgan fingerprint density at radius 2 is 1.89 bits per heavy atom. The molecular weight excluding hydrogens is 464 g/mol. The summed E-state index contributed by atoms with van der Waals surface area (Å²) in [6.45, 7) is 6.66. The summed E-state index contributed by atoms with van der Waals surface area (Å²) in [4.78, 5) is 49.5. The Morgan fingerprint density at radius 1 is 1.09 bits per heavy atom. The van der Waals surface area contributed by atoms with Crippen molar-refractivity contribution in [1.82, 2.24) is 0 Å². The zero-order valence-electron chi connectivity index (χ0n) is 21.0. The largest absolute Gasteiger partial charge is 0.465 e. The molecule has 190 valence electrons. The summed E-state index contributed by atoms with van der Waals surface area (Å²) in [5.41, 5.74) is 0.667. The Labute approximate surface area is 211 Å². The van der Waals surface area contributed by atoms with Crippen LogP contribution in [0.4, 0.5) is 0 Å². The monoisotopic (exact) mass is 500 g/mol. The Morgan fingerprint density at radius 3 is 2.60 bits per heavy atom. The summed E-state index contributed by atoms with van der Waals surface area (Å²) in [7, 11) is 0. The van der Waals surface area contributed by atoms with Crippen LogP contribution in [-0.4, -0.2) is 41.1 Å². The molecule has 5 aliphatic rings. The second-order valence-corrected chi connectivity index (χ2v) is 12.8. The van der Waals surface area contributed by atoms with Crippen LogP contribution in [0.25, 0.3) is 0 Å². The van der Waals surface area contributed by atoms with E-state index in [-0.39, 0.29) is 40.7 Å². The van der Waals surface area contributed by atoms with Gasteiger partial charge in [-0.3, -0.25) is 19.2 Å². The quantitative estimate of drug-likeness (QED) is 0.484. The van der Waals surface area contributed by atoms with Gasteiger partial charge in [-0.1, -0.05) is 12.5 Å². The van der Waals surface area contributed by atoms with E-state index in [1.54, 1.807) is 13.0 Å². The highest BCUT2D eigenvalue weighted by atomic mass is 32.2. The Hall–Kier alpha value is -1.89. The van der Waals surface area contributed by atoms with E-state index in [0.717, 1.165) is 44.1 Å². The van der Waals surface area contributed by atoms with Gasteiger partial charge in [0, 0.05) is 24.2 Å². The number of ether oxygens (including phenoxy) is 2. The predicted molar refractivity (Wildman–Crippen MR) is 132 cm³/mol. The standard InChI is InChI=1S/C28H36O6S/c1-16(29)20-6-7-21-19-5-4-17-14-18(30)15-24(28(17,3)22(19)8-11-27(20,21)2)34-25(31)10-13-35-23-9-12-33-26(23)32/h14-15,19-23H,4-13H2,1-3H3/t19-,20+,21-,22-,23?,27+,28-/m0/s1. The van der Waals surface area contributed by atoms with Crippen LogP contribution in [0.2, 0.25) is 0 Å².